The second-order valence-electron chi connectivity index (χ2n) is 5.08. The van der Waals surface area contributed by atoms with E-state index in [1.807, 2.05) is 0 Å². The summed E-state index contributed by atoms with van der Waals surface area (Å²) >= 11 is 0. The maximum atomic E-state index is 13.6. The number of hydrogen-bond donors (Lipinski definition) is 1. The van der Waals surface area contributed by atoms with E-state index in [-0.39, 0.29) is 18.1 Å². The summed E-state index contributed by atoms with van der Waals surface area (Å²) in [4.78, 5) is 24.8. The first kappa shape index (κ1) is 15.3. The number of methoxy groups -OCH3 is 1. The van der Waals surface area contributed by atoms with E-state index in [1.165, 1.54) is 24.1 Å². The van der Waals surface area contributed by atoms with Crippen molar-refractivity contribution in [1.82, 2.24) is 4.90 Å². The van der Waals surface area contributed by atoms with Crippen LogP contribution in [0.25, 0.3) is 0 Å². The molecular weight excluding hydrogens is 277 g/mol. The number of amides is 1. The van der Waals surface area contributed by atoms with Crippen molar-refractivity contribution in [2.24, 2.45) is 0 Å². The molecule has 1 atom stereocenters. The molecular formula is C15H18FNO4. The van der Waals surface area contributed by atoms with Crippen LogP contribution in [0.5, 0.6) is 5.75 Å². The molecule has 0 radical (unpaired) electrons. The molecule has 1 fully saturated rings. The number of hydrogen-bond acceptors (Lipinski definition) is 3. The van der Waals surface area contributed by atoms with Gasteiger partial charge in [-0.2, -0.15) is 0 Å². The van der Waals surface area contributed by atoms with E-state index in [1.54, 1.807) is 6.07 Å². The van der Waals surface area contributed by atoms with Crippen molar-refractivity contribution >= 4 is 11.9 Å². The normalized spacial score (nSPS) is 18.4. The zero-order valence-corrected chi connectivity index (χ0v) is 11.8. The van der Waals surface area contributed by atoms with Gasteiger partial charge in [0.1, 0.15) is 6.04 Å². The molecule has 1 amide bonds. The van der Waals surface area contributed by atoms with Gasteiger partial charge in [-0.15, -0.1) is 0 Å². The number of piperidine rings is 1. The number of likely N-dealkylation sites (tertiary alicyclic amines) is 1. The second-order valence-corrected chi connectivity index (χ2v) is 5.08. The fourth-order valence-corrected chi connectivity index (χ4v) is 2.58. The highest BCUT2D eigenvalue weighted by Crippen LogP contribution is 2.21. The molecule has 1 aromatic rings. The standard InChI is InChI=1S/C15H18FNO4/c1-21-13-6-5-10(8-11(13)16)9-14(18)17-7-3-2-4-12(17)15(19)20/h5-6,8,12H,2-4,7,9H2,1H3,(H,19,20). The van der Waals surface area contributed by atoms with Gasteiger partial charge in [0.25, 0.3) is 0 Å². The first-order valence-corrected chi connectivity index (χ1v) is 6.87. The van der Waals surface area contributed by atoms with E-state index in [0.29, 0.717) is 18.5 Å². The smallest absolute Gasteiger partial charge is 0.326 e. The zero-order chi connectivity index (χ0) is 15.4. The minimum absolute atomic E-state index is 0.00923. The quantitative estimate of drug-likeness (QED) is 0.920. The van der Waals surface area contributed by atoms with Gasteiger partial charge >= 0.3 is 5.97 Å². The Bertz CT molecular complexity index is 546. The van der Waals surface area contributed by atoms with Crippen LogP contribution >= 0.6 is 0 Å². The molecule has 0 saturated carbocycles. The number of carbonyl (C=O) groups is 2. The molecule has 1 saturated heterocycles. The Hall–Kier alpha value is -2.11. The van der Waals surface area contributed by atoms with Crippen molar-refractivity contribution in [3.05, 3.63) is 29.6 Å². The topological polar surface area (TPSA) is 66.8 Å². The molecule has 0 aliphatic carbocycles. The highest BCUT2D eigenvalue weighted by molar-refractivity contribution is 5.85. The predicted molar refractivity (Wildman–Crippen MR) is 73.6 cm³/mol. The summed E-state index contributed by atoms with van der Waals surface area (Å²) in [5.41, 5.74) is 0.507. The van der Waals surface area contributed by atoms with E-state index in [9.17, 15) is 14.0 Å². The third-order valence-corrected chi connectivity index (χ3v) is 3.68. The number of carboxylic acids is 1. The molecule has 1 unspecified atom stereocenters. The van der Waals surface area contributed by atoms with Crippen LogP contribution in [0.1, 0.15) is 24.8 Å². The van der Waals surface area contributed by atoms with Crippen molar-refractivity contribution in [2.45, 2.75) is 31.7 Å². The molecule has 1 aliphatic rings. The van der Waals surface area contributed by atoms with E-state index in [4.69, 9.17) is 9.84 Å². The molecule has 0 bridgehead atoms. The lowest BCUT2D eigenvalue weighted by molar-refractivity contribution is -0.151. The minimum atomic E-state index is -0.982. The Morgan fingerprint density at radius 3 is 2.81 bits per heavy atom. The average Bonchev–Trinajstić information content (AvgIpc) is 2.47. The highest BCUT2D eigenvalue weighted by Gasteiger charge is 2.31. The Labute approximate surface area is 122 Å². The number of carboxylic acid groups (broad SMARTS) is 1. The maximum Gasteiger partial charge on any atom is 0.326 e. The Morgan fingerprint density at radius 2 is 2.19 bits per heavy atom. The number of aliphatic carboxylic acids is 1. The summed E-state index contributed by atoms with van der Waals surface area (Å²) in [6.45, 7) is 0.439. The van der Waals surface area contributed by atoms with E-state index < -0.39 is 17.8 Å². The molecule has 0 spiro atoms. The summed E-state index contributed by atoms with van der Waals surface area (Å²) in [6, 6.07) is 3.55. The molecule has 2 rings (SSSR count). The molecule has 5 nitrogen and oxygen atoms in total. The SMILES string of the molecule is COc1ccc(CC(=O)N2CCCCC2C(=O)O)cc1F. The van der Waals surface area contributed by atoms with Crippen molar-refractivity contribution in [3.63, 3.8) is 0 Å². The predicted octanol–water partition coefficient (Wildman–Crippen LogP) is 1.84. The van der Waals surface area contributed by atoms with Gasteiger partial charge < -0.3 is 14.7 Å². The highest BCUT2D eigenvalue weighted by atomic mass is 19.1. The minimum Gasteiger partial charge on any atom is -0.494 e. The monoisotopic (exact) mass is 295 g/mol. The molecule has 1 heterocycles. The van der Waals surface area contributed by atoms with Gasteiger partial charge in [-0.3, -0.25) is 4.79 Å². The first-order chi connectivity index (χ1) is 10.0. The number of halogens is 1. The summed E-state index contributed by atoms with van der Waals surface area (Å²) < 4.78 is 18.4. The van der Waals surface area contributed by atoms with Crippen molar-refractivity contribution in [2.75, 3.05) is 13.7 Å². The van der Waals surface area contributed by atoms with Crippen molar-refractivity contribution in [1.29, 1.82) is 0 Å². The van der Waals surface area contributed by atoms with Crippen LogP contribution in [0.3, 0.4) is 0 Å². The van der Waals surface area contributed by atoms with Gasteiger partial charge in [-0.1, -0.05) is 6.07 Å². The van der Waals surface area contributed by atoms with Crippen LogP contribution < -0.4 is 4.74 Å². The van der Waals surface area contributed by atoms with Crippen LogP contribution in [0.4, 0.5) is 4.39 Å². The largest absolute Gasteiger partial charge is 0.494 e. The summed E-state index contributed by atoms with van der Waals surface area (Å²) in [6.07, 6.45) is 2.06. The fourth-order valence-electron chi connectivity index (χ4n) is 2.58. The molecule has 1 aliphatic heterocycles. The average molecular weight is 295 g/mol. The van der Waals surface area contributed by atoms with Gasteiger partial charge in [-0.25, -0.2) is 9.18 Å². The molecule has 21 heavy (non-hydrogen) atoms. The van der Waals surface area contributed by atoms with E-state index >= 15 is 0 Å². The number of ether oxygens (including phenoxy) is 1. The van der Waals surface area contributed by atoms with Gasteiger partial charge in [-0.05, 0) is 37.0 Å². The van der Waals surface area contributed by atoms with Crippen LogP contribution in [0.2, 0.25) is 0 Å². The van der Waals surface area contributed by atoms with Gasteiger partial charge in [0.2, 0.25) is 5.91 Å². The van der Waals surface area contributed by atoms with Crippen LogP contribution in [-0.2, 0) is 16.0 Å². The van der Waals surface area contributed by atoms with Gasteiger partial charge in [0.05, 0.1) is 13.5 Å². The maximum absolute atomic E-state index is 13.6. The third kappa shape index (κ3) is 3.51. The Balaban J connectivity index is 2.09. The molecule has 6 heteroatoms. The molecule has 1 aromatic carbocycles. The molecule has 1 N–H and O–H groups in total. The van der Waals surface area contributed by atoms with Gasteiger partial charge in [0.15, 0.2) is 11.6 Å². The lowest BCUT2D eigenvalue weighted by atomic mass is 10.0. The lowest BCUT2D eigenvalue weighted by Gasteiger charge is -2.33. The van der Waals surface area contributed by atoms with Crippen LogP contribution in [0.15, 0.2) is 18.2 Å². The molecule has 0 aromatic heterocycles. The Kier molecular flexibility index (Phi) is 4.77. The molecule has 114 valence electrons. The zero-order valence-electron chi connectivity index (χ0n) is 11.8. The van der Waals surface area contributed by atoms with Gasteiger partial charge in [0, 0.05) is 6.54 Å². The van der Waals surface area contributed by atoms with E-state index in [0.717, 1.165) is 12.8 Å². The summed E-state index contributed by atoms with van der Waals surface area (Å²) in [7, 11) is 1.37. The lowest BCUT2D eigenvalue weighted by Crippen LogP contribution is -2.48. The van der Waals surface area contributed by atoms with Crippen molar-refractivity contribution < 1.29 is 23.8 Å². The van der Waals surface area contributed by atoms with Crippen LogP contribution in [-0.4, -0.2) is 41.6 Å². The third-order valence-electron chi connectivity index (χ3n) is 3.68. The second kappa shape index (κ2) is 6.56. The number of nitrogens with zero attached hydrogens (tertiary/aromatic N) is 1. The summed E-state index contributed by atoms with van der Waals surface area (Å²) in [5.74, 6) is -1.68. The Morgan fingerprint density at radius 1 is 1.43 bits per heavy atom. The number of benzene rings is 1. The fraction of sp³-hybridized carbons (Fsp3) is 0.467. The summed E-state index contributed by atoms with van der Waals surface area (Å²) in [5, 5.41) is 9.17. The first-order valence-electron chi connectivity index (χ1n) is 6.87. The van der Waals surface area contributed by atoms with Crippen LogP contribution in [0, 0.1) is 5.82 Å². The van der Waals surface area contributed by atoms with E-state index in [2.05, 4.69) is 0 Å². The van der Waals surface area contributed by atoms with Crippen molar-refractivity contribution in [3.8, 4) is 5.75 Å². The number of carbonyl (C=O) groups excluding carboxylic acids is 1. The number of rotatable bonds is 4.